The van der Waals surface area contributed by atoms with Gasteiger partial charge < -0.3 is 10.2 Å². The molecule has 3 fully saturated rings. The van der Waals surface area contributed by atoms with Crippen molar-refractivity contribution in [3.05, 3.63) is 35.5 Å². The number of hydrogen-bond donors (Lipinski definition) is 2. The number of aliphatic hydroxyl groups is 2. The van der Waals surface area contributed by atoms with Crippen molar-refractivity contribution in [1.29, 1.82) is 0 Å². The first-order chi connectivity index (χ1) is 12.7. The van der Waals surface area contributed by atoms with E-state index in [-0.39, 0.29) is 0 Å². The molecule has 2 nitrogen and oxygen atoms in total. The van der Waals surface area contributed by atoms with Crippen molar-refractivity contribution in [3.8, 4) is 0 Å². The summed E-state index contributed by atoms with van der Waals surface area (Å²) < 4.78 is 0. The van der Waals surface area contributed by atoms with Gasteiger partial charge in [-0.2, -0.15) is 0 Å². The Bertz CT molecular complexity index is 598. The zero-order chi connectivity index (χ0) is 19.8. The molecule has 2 N–H and O–H groups in total. The predicted octanol–water partition coefficient (Wildman–Crippen LogP) is 5.81. The molecule has 0 heterocycles. The largest absolute Gasteiger partial charge is 0.388 e. The Balaban J connectivity index is 1.76. The minimum Gasteiger partial charge on any atom is -0.388 e. The zero-order valence-corrected chi connectivity index (χ0v) is 17.9. The molecule has 3 saturated carbocycles. The second-order valence-corrected chi connectivity index (χ2v) is 10.3. The first-order valence-electron chi connectivity index (χ1n) is 11.2. The number of hydrogen-bond acceptors (Lipinski definition) is 2. The zero-order valence-electron chi connectivity index (χ0n) is 17.9. The van der Waals surface area contributed by atoms with Gasteiger partial charge >= 0.3 is 0 Å². The average molecular weight is 373 g/mol. The molecular weight excluding hydrogens is 332 g/mol. The number of rotatable bonds is 4. The molecule has 0 aromatic carbocycles. The van der Waals surface area contributed by atoms with Crippen molar-refractivity contribution >= 4 is 0 Å². The molecule has 3 rings (SSSR count). The van der Waals surface area contributed by atoms with E-state index in [1.807, 2.05) is 0 Å². The molecular formula is C25H40O2. The summed E-state index contributed by atoms with van der Waals surface area (Å²) in [6.45, 7) is 13.6. The molecule has 0 unspecified atom stereocenters. The van der Waals surface area contributed by atoms with Crippen molar-refractivity contribution < 1.29 is 10.2 Å². The fraction of sp³-hybridized carbons (Fsp3) is 0.760. The first kappa shape index (κ1) is 20.9. The Hall–Kier alpha value is -0.860. The third-order valence-corrected chi connectivity index (χ3v) is 7.87. The topological polar surface area (TPSA) is 40.5 Å². The third-order valence-electron chi connectivity index (χ3n) is 7.87. The highest BCUT2D eigenvalue weighted by molar-refractivity contribution is 5.29. The van der Waals surface area contributed by atoms with E-state index >= 15 is 0 Å². The third kappa shape index (κ3) is 4.27. The summed E-state index contributed by atoms with van der Waals surface area (Å²) >= 11 is 0. The standard InChI is InChI=1S/C25H40O2/c1-16(2)13-17(3)21-10-11-22-20(7-6-12-25(21,22)5)9-8-19-14-23(26)18(4)24(27)15-19/h8-9,16-17,21-24,26-27H,4,6-7,10-15H2,1-3,5H3/b20-9+/t17-,21+,22-,23+,24+,25+/m0/s1. The minimum absolute atomic E-state index is 0.455. The highest BCUT2D eigenvalue weighted by Gasteiger charge is 2.50. The van der Waals surface area contributed by atoms with Crippen molar-refractivity contribution in [2.45, 2.75) is 91.3 Å². The molecule has 3 aliphatic carbocycles. The molecule has 6 atom stereocenters. The van der Waals surface area contributed by atoms with Crippen LogP contribution in [0.3, 0.4) is 0 Å². The molecule has 0 aromatic rings. The molecule has 2 heteroatoms. The summed E-state index contributed by atoms with van der Waals surface area (Å²) in [5.74, 6) is 3.16. The quantitative estimate of drug-likeness (QED) is 0.611. The van der Waals surface area contributed by atoms with Gasteiger partial charge in [-0.05, 0) is 86.0 Å². The van der Waals surface area contributed by atoms with Crippen LogP contribution in [0.1, 0.15) is 79.1 Å². The smallest absolute Gasteiger partial charge is 0.0809 e. The summed E-state index contributed by atoms with van der Waals surface area (Å²) in [5.41, 5.74) is 3.80. The van der Waals surface area contributed by atoms with Gasteiger partial charge in [-0.25, -0.2) is 0 Å². The van der Waals surface area contributed by atoms with Crippen molar-refractivity contribution in [2.75, 3.05) is 0 Å². The highest BCUT2D eigenvalue weighted by Crippen LogP contribution is 2.60. The molecule has 0 bridgehead atoms. The van der Waals surface area contributed by atoms with Crippen LogP contribution in [0.5, 0.6) is 0 Å². The number of allylic oxidation sites excluding steroid dienone is 3. The molecule has 27 heavy (non-hydrogen) atoms. The summed E-state index contributed by atoms with van der Waals surface area (Å²) in [4.78, 5) is 0. The lowest BCUT2D eigenvalue weighted by molar-refractivity contribution is 0.0893. The fourth-order valence-corrected chi connectivity index (χ4v) is 6.55. The Morgan fingerprint density at radius 3 is 2.41 bits per heavy atom. The second kappa shape index (κ2) is 8.25. The van der Waals surface area contributed by atoms with E-state index in [0.29, 0.717) is 23.8 Å². The van der Waals surface area contributed by atoms with Gasteiger partial charge in [0.1, 0.15) is 0 Å². The summed E-state index contributed by atoms with van der Waals surface area (Å²) in [6, 6.07) is 0. The maximum Gasteiger partial charge on any atom is 0.0809 e. The maximum absolute atomic E-state index is 10.1. The van der Waals surface area contributed by atoms with Crippen molar-refractivity contribution in [1.82, 2.24) is 0 Å². The molecule has 0 aromatic heterocycles. The van der Waals surface area contributed by atoms with Crippen LogP contribution < -0.4 is 0 Å². The Labute approximate surface area is 166 Å². The minimum atomic E-state index is -0.595. The van der Waals surface area contributed by atoms with Crippen LogP contribution in [0.2, 0.25) is 0 Å². The number of aliphatic hydroxyl groups excluding tert-OH is 2. The van der Waals surface area contributed by atoms with E-state index < -0.39 is 12.2 Å². The van der Waals surface area contributed by atoms with E-state index in [0.717, 1.165) is 29.2 Å². The lowest BCUT2D eigenvalue weighted by Gasteiger charge is -2.44. The molecule has 0 amide bonds. The van der Waals surface area contributed by atoms with Gasteiger partial charge in [0.25, 0.3) is 0 Å². The molecule has 0 radical (unpaired) electrons. The van der Waals surface area contributed by atoms with Gasteiger partial charge in [0.15, 0.2) is 0 Å². The Morgan fingerprint density at radius 1 is 1.11 bits per heavy atom. The van der Waals surface area contributed by atoms with Gasteiger partial charge in [-0.1, -0.05) is 57.6 Å². The van der Waals surface area contributed by atoms with Crippen LogP contribution >= 0.6 is 0 Å². The second-order valence-electron chi connectivity index (χ2n) is 10.3. The Morgan fingerprint density at radius 2 is 1.78 bits per heavy atom. The van der Waals surface area contributed by atoms with Crippen LogP contribution in [-0.2, 0) is 0 Å². The van der Waals surface area contributed by atoms with E-state index in [4.69, 9.17) is 0 Å². The average Bonchev–Trinajstić information content (AvgIpc) is 2.94. The molecule has 152 valence electrons. The molecule has 3 aliphatic rings. The predicted molar refractivity (Wildman–Crippen MR) is 113 cm³/mol. The van der Waals surface area contributed by atoms with E-state index in [9.17, 15) is 10.2 Å². The monoisotopic (exact) mass is 372 g/mol. The molecule has 0 spiro atoms. The normalized spacial score (nSPS) is 39.7. The molecule has 0 aliphatic heterocycles. The van der Waals surface area contributed by atoms with Crippen LogP contribution in [0.15, 0.2) is 35.5 Å². The van der Waals surface area contributed by atoms with Gasteiger partial charge in [0.2, 0.25) is 0 Å². The highest BCUT2D eigenvalue weighted by atomic mass is 16.3. The Kier molecular flexibility index (Phi) is 6.37. The summed E-state index contributed by atoms with van der Waals surface area (Å²) in [6.07, 6.45) is 12.5. The van der Waals surface area contributed by atoms with Gasteiger partial charge in [0.05, 0.1) is 12.2 Å². The van der Waals surface area contributed by atoms with Crippen LogP contribution in [0.4, 0.5) is 0 Å². The SMILES string of the molecule is C=C1[C@H](O)CC(=C/C=C2\CCC[C@]3(C)[C@@H]([C@@H](C)CC(C)C)CC[C@@H]23)C[C@H]1O. The lowest BCUT2D eigenvalue weighted by atomic mass is 9.60. The fourth-order valence-electron chi connectivity index (χ4n) is 6.55. The van der Waals surface area contributed by atoms with Crippen LogP contribution in [0, 0.1) is 29.1 Å². The van der Waals surface area contributed by atoms with Gasteiger partial charge in [-0.3, -0.25) is 0 Å². The lowest BCUT2D eigenvalue weighted by Crippen LogP contribution is -2.36. The van der Waals surface area contributed by atoms with Crippen LogP contribution in [0.25, 0.3) is 0 Å². The van der Waals surface area contributed by atoms with E-state index in [1.54, 1.807) is 5.57 Å². The first-order valence-corrected chi connectivity index (χ1v) is 11.2. The van der Waals surface area contributed by atoms with Crippen LogP contribution in [-0.4, -0.2) is 22.4 Å². The molecule has 0 saturated heterocycles. The summed E-state index contributed by atoms with van der Waals surface area (Å²) in [5, 5.41) is 20.2. The van der Waals surface area contributed by atoms with Crippen molar-refractivity contribution in [3.63, 3.8) is 0 Å². The van der Waals surface area contributed by atoms with E-state index in [2.05, 4.69) is 46.4 Å². The van der Waals surface area contributed by atoms with E-state index in [1.165, 1.54) is 38.5 Å². The van der Waals surface area contributed by atoms with Gasteiger partial charge in [-0.15, -0.1) is 0 Å². The summed E-state index contributed by atoms with van der Waals surface area (Å²) in [7, 11) is 0. The van der Waals surface area contributed by atoms with Gasteiger partial charge in [0, 0.05) is 0 Å². The maximum atomic E-state index is 10.1. The van der Waals surface area contributed by atoms with Crippen molar-refractivity contribution in [2.24, 2.45) is 29.1 Å². The number of fused-ring (bicyclic) bond motifs is 1.